The van der Waals surface area contributed by atoms with Crippen molar-refractivity contribution in [3.8, 4) is 0 Å². The van der Waals surface area contributed by atoms with Crippen molar-refractivity contribution >= 4 is 0 Å². The molecule has 2 atom stereocenters. The maximum absolute atomic E-state index is 5.45. The topological polar surface area (TPSA) is 12.5 Å². The second-order valence-corrected chi connectivity index (χ2v) is 5.21. The van der Waals surface area contributed by atoms with E-state index < -0.39 is 0 Å². The lowest BCUT2D eigenvalue weighted by molar-refractivity contribution is 0.0865. The molecule has 0 aromatic rings. The highest BCUT2D eigenvalue weighted by Crippen LogP contribution is 2.30. The van der Waals surface area contributed by atoms with Crippen LogP contribution in [-0.4, -0.2) is 37.2 Å². The molecule has 2 heteroatoms. The van der Waals surface area contributed by atoms with Gasteiger partial charge in [0.15, 0.2) is 0 Å². The molecule has 0 spiro atoms. The molecule has 2 unspecified atom stereocenters. The Morgan fingerprint density at radius 3 is 2.40 bits per heavy atom. The first-order valence-corrected chi connectivity index (χ1v) is 6.60. The fraction of sp³-hybridized carbons (Fsp3) is 1.00. The van der Waals surface area contributed by atoms with Gasteiger partial charge in [0.2, 0.25) is 0 Å². The average molecular weight is 211 g/mol. The number of piperidine rings is 1. The largest absolute Gasteiger partial charge is 0.381 e. The van der Waals surface area contributed by atoms with Crippen LogP contribution >= 0.6 is 0 Å². The Kier molecular flexibility index (Phi) is 4.04. The molecule has 1 aliphatic carbocycles. The predicted octanol–water partition coefficient (Wildman–Crippen LogP) is 2.68. The van der Waals surface area contributed by atoms with Gasteiger partial charge in [0.25, 0.3) is 0 Å². The summed E-state index contributed by atoms with van der Waals surface area (Å²) >= 11 is 0. The predicted molar refractivity (Wildman–Crippen MR) is 63.0 cm³/mol. The molecule has 0 radical (unpaired) electrons. The molecule has 15 heavy (non-hydrogen) atoms. The second-order valence-electron chi connectivity index (χ2n) is 5.21. The van der Waals surface area contributed by atoms with E-state index in [0.29, 0.717) is 6.10 Å². The third kappa shape index (κ3) is 2.73. The van der Waals surface area contributed by atoms with Crippen LogP contribution in [0, 0.1) is 5.92 Å². The smallest absolute Gasteiger partial charge is 0.0586 e. The lowest BCUT2D eigenvalue weighted by Gasteiger charge is -2.35. The third-order valence-electron chi connectivity index (χ3n) is 4.43. The van der Waals surface area contributed by atoms with E-state index in [4.69, 9.17) is 4.74 Å². The molecule has 0 N–H and O–H groups in total. The summed E-state index contributed by atoms with van der Waals surface area (Å²) in [6, 6.07) is 0.827. The van der Waals surface area contributed by atoms with Gasteiger partial charge in [-0.05, 0) is 51.1 Å². The molecule has 2 fully saturated rings. The minimum atomic E-state index is 0.541. The Morgan fingerprint density at radius 2 is 1.87 bits per heavy atom. The molecular weight excluding hydrogens is 186 g/mol. The SMILES string of the molecule is CCC1CCN(C2CCC(OC)C2)CC1. The lowest BCUT2D eigenvalue weighted by atomic mass is 9.93. The molecular formula is C13H25NO. The van der Waals surface area contributed by atoms with Crippen LogP contribution in [0.5, 0.6) is 0 Å². The summed E-state index contributed by atoms with van der Waals surface area (Å²) in [4.78, 5) is 2.71. The fourth-order valence-corrected chi connectivity index (χ4v) is 3.19. The van der Waals surface area contributed by atoms with Gasteiger partial charge >= 0.3 is 0 Å². The van der Waals surface area contributed by atoms with Gasteiger partial charge in [-0.1, -0.05) is 13.3 Å². The van der Waals surface area contributed by atoms with Crippen molar-refractivity contribution in [3.63, 3.8) is 0 Å². The van der Waals surface area contributed by atoms with E-state index >= 15 is 0 Å². The van der Waals surface area contributed by atoms with Gasteiger partial charge < -0.3 is 9.64 Å². The van der Waals surface area contributed by atoms with E-state index in [1.165, 1.54) is 51.6 Å². The van der Waals surface area contributed by atoms with E-state index in [1.54, 1.807) is 0 Å². The van der Waals surface area contributed by atoms with Crippen molar-refractivity contribution in [2.24, 2.45) is 5.92 Å². The van der Waals surface area contributed by atoms with Crippen molar-refractivity contribution in [2.45, 2.75) is 57.6 Å². The molecule has 1 aliphatic heterocycles. The van der Waals surface area contributed by atoms with Crippen molar-refractivity contribution < 1.29 is 4.74 Å². The first kappa shape index (κ1) is 11.4. The van der Waals surface area contributed by atoms with Gasteiger partial charge in [0.05, 0.1) is 6.10 Å². The average Bonchev–Trinajstić information content (AvgIpc) is 2.78. The summed E-state index contributed by atoms with van der Waals surface area (Å²) in [5, 5.41) is 0. The summed E-state index contributed by atoms with van der Waals surface area (Å²) in [5.74, 6) is 1.00. The zero-order chi connectivity index (χ0) is 10.7. The number of hydrogen-bond acceptors (Lipinski definition) is 2. The molecule has 2 aliphatic rings. The third-order valence-corrected chi connectivity index (χ3v) is 4.43. The Bertz CT molecular complexity index is 187. The molecule has 2 nitrogen and oxygen atoms in total. The summed E-state index contributed by atoms with van der Waals surface area (Å²) in [5.41, 5.74) is 0. The Labute approximate surface area is 94.0 Å². The van der Waals surface area contributed by atoms with Crippen molar-refractivity contribution in [2.75, 3.05) is 20.2 Å². The van der Waals surface area contributed by atoms with Gasteiger partial charge in [-0.3, -0.25) is 0 Å². The number of hydrogen-bond donors (Lipinski definition) is 0. The van der Waals surface area contributed by atoms with Gasteiger partial charge in [-0.2, -0.15) is 0 Å². The van der Waals surface area contributed by atoms with E-state index in [2.05, 4.69) is 11.8 Å². The van der Waals surface area contributed by atoms with Crippen LogP contribution in [0.2, 0.25) is 0 Å². The molecule has 0 aromatic heterocycles. The summed E-state index contributed by atoms with van der Waals surface area (Å²) in [7, 11) is 1.86. The van der Waals surface area contributed by atoms with E-state index in [0.717, 1.165) is 12.0 Å². The maximum atomic E-state index is 5.45. The number of nitrogens with zero attached hydrogens (tertiary/aromatic N) is 1. The fourth-order valence-electron chi connectivity index (χ4n) is 3.19. The molecule has 1 saturated carbocycles. The molecule has 88 valence electrons. The van der Waals surface area contributed by atoms with Crippen LogP contribution in [0.15, 0.2) is 0 Å². The highest BCUT2D eigenvalue weighted by molar-refractivity contribution is 4.85. The first-order chi connectivity index (χ1) is 7.33. The van der Waals surface area contributed by atoms with Gasteiger partial charge in [-0.25, -0.2) is 0 Å². The highest BCUT2D eigenvalue weighted by Gasteiger charge is 2.31. The molecule has 1 saturated heterocycles. The van der Waals surface area contributed by atoms with E-state index in [1.807, 2.05) is 7.11 Å². The monoisotopic (exact) mass is 211 g/mol. The first-order valence-electron chi connectivity index (χ1n) is 6.60. The Balaban J connectivity index is 1.76. The van der Waals surface area contributed by atoms with Crippen molar-refractivity contribution in [1.29, 1.82) is 0 Å². The molecule has 1 heterocycles. The lowest BCUT2D eigenvalue weighted by Crippen LogP contribution is -2.40. The van der Waals surface area contributed by atoms with Crippen LogP contribution in [-0.2, 0) is 4.74 Å². The zero-order valence-electron chi connectivity index (χ0n) is 10.2. The Hall–Kier alpha value is -0.0800. The standard InChI is InChI=1S/C13H25NO/c1-3-11-6-8-14(9-7-11)12-4-5-13(10-12)15-2/h11-13H,3-10H2,1-2H3. The van der Waals surface area contributed by atoms with Crippen molar-refractivity contribution in [3.05, 3.63) is 0 Å². The number of rotatable bonds is 3. The highest BCUT2D eigenvalue weighted by atomic mass is 16.5. The minimum Gasteiger partial charge on any atom is -0.381 e. The van der Waals surface area contributed by atoms with Gasteiger partial charge in [0.1, 0.15) is 0 Å². The minimum absolute atomic E-state index is 0.541. The normalized spacial score (nSPS) is 34.8. The van der Waals surface area contributed by atoms with Gasteiger partial charge in [-0.15, -0.1) is 0 Å². The molecule has 0 amide bonds. The summed E-state index contributed by atoms with van der Waals surface area (Å²) in [6.07, 6.45) is 8.66. The number of ether oxygens (including phenoxy) is 1. The van der Waals surface area contributed by atoms with Crippen LogP contribution in [0.3, 0.4) is 0 Å². The zero-order valence-corrected chi connectivity index (χ0v) is 10.2. The van der Waals surface area contributed by atoms with Crippen LogP contribution in [0.4, 0.5) is 0 Å². The van der Waals surface area contributed by atoms with E-state index in [-0.39, 0.29) is 0 Å². The van der Waals surface area contributed by atoms with Crippen LogP contribution < -0.4 is 0 Å². The molecule has 0 aromatic carbocycles. The summed E-state index contributed by atoms with van der Waals surface area (Å²) in [6.45, 7) is 5.00. The summed E-state index contributed by atoms with van der Waals surface area (Å²) < 4.78 is 5.45. The molecule has 2 rings (SSSR count). The Morgan fingerprint density at radius 1 is 1.13 bits per heavy atom. The van der Waals surface area contributed by atoms with Crippen LogP contribution in [0.25, 0.3) is 0 Å². The van der Waals surface area contributed by atoms with Gasteiger partial charge in [0, 0.05) is 13.2 Å². The molecule has 0 bridgehead atoms. The van der Waals surface area contributed by atoms with Crippen molar-refractivity contribution in [1.82, 2.24) is 4.90 Å². The number of methoxy groups -OCH3 is 1. The van der Waals surface area contributed by atoms with Crippen LogP contribution in [0.1, 0.15) is 45.4 Å². The quantitative estimate of drug-likeness (QED) is 0.711. The van der Waals surface area contributed by atoms with E-state index in [9.17, 15) is 0 Å². The number of likely N-dealkylation sites (tertiary alicyclic amines) is 1. The second kappa shape index (κ2) is 5.31. The maximum Gasteiger partial charge on any atom is 0.0586 e.